The van der Waals surface area contributed by atoms with Gasteiger partial charge in [0.2, 0.25) is 0 Å². The Morgan fingerprint density at radius 3 is 2.85 bits per heavy atom. The van der Waals surface area contributed by atoms with Gasteiger partial charge in [-0.25, -0.2) is 0 Å². The van der Waals surface area contributed by atoms with Gasteiger partial charge < -0.3 is 4.74 Å². The highest BCUT2D eigenvalue weighted by atomic mass is 16.5. The minimum atomic E-state index is 0.0117. The molecular weight excluding hydrogens is 168 g/mol. The van der Waals surface area contributed by atoms with Gasteiger partial charge >= 0.3 is 0 Å². The Morgan fingerprint density at radius 2 is 2.31 bits per heavy atom. The summed E-state index contributed by atoms with van der Waals surface area (Å²) in [6.07, 6.45) is 0.999. The van der Waals surface area contributed by atoms with E-state index in [-0.39, 0.29) is 5.56 Å². The summed E-state index contributed by atoms with van der Waals surface area (Å²) in [5, 5.41) is 2.97. The number of aromatic nitrogens is 2. The first-order chi connectivity index (χ1) is 6.27. The van der Waals surface area contributed by atoms with Crippen molar-refractivity contribution in [3.63, 3.8) is 0 Å². The number of aryl methyl sites for hydroxylation is 1. The van der Waals surface area contributed by atoms with E-state index in [0.29, 0.717) is 13.2 Å². The van der Waals surface area contributed by atoms with E-state index < -0.39 is 0 Å². The van der Waals surface area contributed by atoms with Gasteiger partial charge in [0, 0.05) is 19.2 Å². The highest BCUT2D eigenvalue weighted by molar-refractivity contribution is 4.97. The van der Waals surface area contributed by atoms with Gasteiger partial charge in [-0.15, -0.1) is 0 Å². The molecule has 0 aliphatic carbocycles. The molecule has 1 aromatic heterocycles. The molecule has 0 aliphatic rings. The summed E-state index contributed by atoms with van der Waals surface area (Å²) in [4.78, 5) is 11.2. The predicted molar refractivity (Wildman–Crippen MR) is 50.7 cm³/mol. The fourth-order valence-corrected chi connectivity index (χ4v) is 1.12. The van der Waals surface area contributed by atoms with Crippen LogP contribution in [0.4, 0.5) is 0 Å². The average Bonchev–Trinajstić information content (AvgIpc) is 2.47. The molecule has 0 amide bonds. The van der Waals surface area contributed by atoms with Crippen molar-refractivity contribution in [1.82, 2.24) is 9.78 Å². The van der Waals surface area contributed by atoms with Gasteiger partial charge in [-0.05, 0) is 13.3 Å². The fourth-order valence-electron chi connectivity index (χ4n) is 1.12. The van der Waals surface area contributed by atoms with Crippen LogP contribution in [0.25, 0.3) is 0 Å². The molecule has 0 saturated carbocycles. The SMILES string of the molecule is CCCOCc1cc(=O)n(CC)[nH]1. The average molecular weight is 184 g/mol. The standard InChI is InChI=1S/C9H16N2O2/c1-3-5-13-7-8-6-9(12)11(4-2)10-8/h6,10H,3-5,7H2,1-2H3. The number of nitrogens with one attached hydrogen (secondary N) is 1. The van der Waals surface area contributed by atoms with Gasteiger partial charge in [0.25, 0.3) is 5.56 Å². The molecule has 4 heteroatoms. The predicted octanol–water partition coefficient (Wildman–Crippen LogP) is 1.12. The van der Waals surface area contributed by atoms with E-state index in [1.54, 1.807) is 10.7 Å². The van der Waals surface area contributed by atoms with Crippen molar-refractivity contribution >= 4 is 0 Å². The summed E-state index contributed by atoms with van der Waals surface area (Å²) >= 11 is 0. The molecule has 13 heavy (non-hydrogen) atoms. The van der Waals surface area contributed by atoms with E-state index in [0.717, 1.165) is 18.7 Å². The second-order valence-corrected chi connectivity index (χ2v) is 2.92. The van der Waals surface area contributed by atoms with Gasteiger partial charge in [0.1, 0.15) is 0 Å². The number of ether oxygens (including phenoxy) is 1. The molecule has 4 nitrogen and oxygen atoms in total. The van der Waals surface area contributed by atoms with Gasteiger partial charge in [0.15, 0.2) is 0 Å². The lowest BCUT2D eigenvalue weighted by atomic mass is 10.4. The molecule has 1 N–H and O–H groups in total. The zero-order chi connectivity index (χ0) is 9.68. The lowest BCUT2D eigenvalue weighted by Crippen LogP contribution is -2.13. The maximum atomic E-state index is 11.2. The monoisotopic (exact) mass is 184 g/mol. The molecule has 0 unspecified atom stereocenters. The van der Waals surface area contributed by atoms with Crippen LogP contribution in [-0.2, 0) is 17.9 Å². The molecule has 0 aliphatic heterocycles. The first kappa shape index (κ1) is 10.1. The summed E-state index contributed by atoms with van der Waals surface area (Å²) in [6, 6.07) is 1.58. The molecule has 0 saturated heterocycles. The van der Waals surface area contributed by atoms with E-state index in [4.69, 9.17) is 4.74 Å². The summed E-state index contributed by atoms with van der Waals surface area (Å²) < 4.78 is 6.86. The van der Waals surface area contributed by atoms with Crippen molar-refractivity contribution in [1.29, 1.82) is 0 Å². The fraction of sp³-hybridized carbons (Fsp3) is 0.667. The Kier molecular flexibility index (Phi) is 3.76. The summed E-state index contributed by atoms with van der Waals surface area (Å²) in [6.45, 7) is 5.89. The number of H-pyrrole nitrogens is 1. The molecule has 1 heterocycles. The van der Waals surface area contributed by atoms with E-state index in [1.807, 2.05) is 6.92 Å². The van der Waals surface area contributed by atoms with Crippen molar-refractivity contribution in [3.8, 4) is 0 Å². The van der Waals surface area contributed by atoms with Gasteiger partial charge in [0.05, 0.1) is 12.3 Å². The molecule has 0 bridgehead atoms. The molecule has 1 rings (SSSR count). The summed E-state index contributed by atoms with van der Waals surface area (Å²) in [5.74, 6) is 0. The van der Waals surface area contributed by atoms with Crippen LogP contribution in [0.3, 0.4) is 0 Å². The largest absolute Gasteiger partial charge is 0.375 e. The summed E-state index contributed by atoms with van der Waals surface area (Å²) in [5.41, 5.74) is 0.859. The summed E-state index contributed by atoms with van der Waals surface area (Å²) in [7, 11) is 0. The molecule has 0 spiro atoms. The second-order valence-electron chi connectivity index (χ2n) is 2.92. The molecule has 0 fully saturated rings. The first-order valence-corrected chi connectivity index (χ1v) is 4.64. The topological polar surface area (TPSA) is 47.0 Å². The van der Waals surface area contributed by atoms with Crippen molar-refractivity contribution in [2.24, 2.45) is 0 Å². The van der Waals surface area contributed by atoms with E-state index >= 15 is 0 Å². The highest BCUT2D eigenvalue weighted by Crippen LogP contribution is 1.94. The van der Waals surface area contributed by atoms with Crippen molar-refractivity contribution in [3.05, 3.63) is 22.1 Å². The Balaban J connectivity index is 2.53. The van der Waals surface area contributed by atoms with Crippen LogP contribution < -0.4 is 5.56 Å². The Hall–Kier alpha value is -1.03. The van der Waals surface area contributed by atoms with Crippen LogP contribution in [0, 0.1) is 0 Å². The minimum Gasteiger partial charge on any atom is -0.375 e. The number of rotatable bonds is 5. The third kappa shape index (κ3) is 2.73. The van der Waals surface area contributed by atoms with Crippen LogP contribution in [0.1, 0.15) is 26.0 Å². The normalized spacial score (nSPS) is 10.6. The van der Waals surface area contributed by atoms with Gasteiger partial charge in [-0.3, -0.25) is 14.6 Å². The smallest absolute Gasteiger partial charge is 0.266 e. The highest BCUT2D eigenvalue weighted by Gasteiger charge is 2.00. The molecule has 0 aromatic carbocycles. The molecule has 0 radical (unpaired) electrons. The third-order valence-corrected chi connectivity index (χ3v) is 1.76. The molecule has 74 valence electrons. The molecule has 1 aromatic rings. The zero-order valence-corrected chi connectivity index (χ0v) is 8.17. The van der Waals surface area contributed by atoms with E-state index in [2.05, 4.69) is 12.0 Å². The maximum Gasteiger partial charge on any atom is 0.266 e. The van der Waals surface area contributed by atoms with Crippen molar-refractivity contribution in [2.45, 2.75) is 33.4 Å². The van der Waals surface area contributed by atoms with Crippen LogP contribution in [-0.4, -0.2) is 16.4 Å². The van der Waals surface area contributed by atoms with Crippen LogP contribution >= 0.6 is 0 Å². The maximum absolute atomic E-state index is 11.2. The Labute approximate surface area is 77.5 Å². The van der Waals surface area contributed by atoms with Crippen molar-refractivity contribution < 1.29 is 4.74 Å². The number of hydrogen-bond donors (Lipinski definition) is 1. The number of hydrogen-bond acceptors (Lipinski definition) is 2. The molecular formula is C9H16N2O2. The van der Waals surface area contributed by atoms with Crippen LogP contribution in [0.15, 0.2) is 10.9 Å². The second kappa shape index (κ2) is 4.87. The quantitative estimate of drug-likeness (QED) is 0.697. The van der Waals surface area contributed by atoms with Gasteiger partial charge in [-0.2, -0.15) is 0 Å². The van der Waals surface area contributed by atoms with Crippen LogP contribution in [0.2, 0.25) is 0 Å². The Bertz CT molecular complexity index is 301. The van der Waals surface area contributed by atoms with Crippen LogP contribution in [0.5, 0.6) is 0 Å². The lowest BCUT2D eigenvalue weighted by Gasteiger charge is -1.99. The lowest BCUT2D eigenvalue weighted by molar-refractivity contribution is 0.118. The molecule has 0 atom stereocenters. The third-order valence-electron chi connectivity index (χ3n) is 1.76. The minimum absolute atomic E-state index is 0.0117. The zero-order valence-electron chi connectivity index (χ0n) is 8.17. The van der Waals surface area contributed by atoms with Crippen molar-refractivity contribution in [2.75, 3.05) is 6.61 Å². The number of nitrogens with zero attached hydrogens (tertiary/aromatic N) is 1. The van der Waals surface area contributed by atoms with E-state index in [1.165, 1.54) is 0 Å². The van der Waals surface area contributed by atoms with Gasteiger partial charge in [-0.1, -0.05) is 6.92 Å². The first-order valence-electron chi connectivity index (χ1n) is 4.64. The number of aromatic amines is 1. The Morgan fingerprint density at radius 1 is 1.54 bits per heavy atom. The van der Waals surface area contributed by atoms with E-state index in [9.17, 15) is 4.79 Å².